The lowest BCUT2D eigenvalue weighted by Crippen LogP contribution is -2.19. The third kappa shape index (κ3) is 3.82. The van der Waals surface area contributed by atoms with Crippen LogP contribution in [0.25, 0.3) is 0 Å². The highest BCUT2D eigenvalue weighted by molar-refractivity contribution is 6.12. The van der Waals surface area contributed by atoms with Crippen molar-refractivity contribution in [1.29, 1.82) is 10.7 Å². The van der Waals surface area contributed by atoms with E-state index in [0.717, 1.165) is 11.1 Å². The molecule has 1 aromatic heterocycles. The number of nitrogens with zero attached hydrogens (tertiary/aromatic N) is 3. The number of amidine groups is 1. The first-order valence-corrected chi connectivity index (χ1v) is 8.06. The van der Waals surface area contributed by atoms with E-state index in [0.29, 0.717) is 5.69 Å². The number of carbonyl (C=O) groups is 1. The summed E-state index contributed by atoms with van der Waals surface area (Å²) < 4.78 is 4.68. The Hall–Kier alpha value is -3.99. The Morgan fingerprint density at radius 2 is 1.89 bits per heavy atom. The summed E-state index contributed by atoms with van der Waals surface area (Å²) in [5.74, 6) is -0.625. The number of rotatable bonds is 4. The first kappa shape index (κ1) is 17.8. The molecule has 3 aromatic rings. The number of aryl methyl sites for hydroxylation is 2. The van der Waals surface area contributed by atoms with Crippen molar-refractivity contribution in [2.24, 2.45) is 0 Å². The summed E-state index contributed by atoms with van der Waals surface area (Å²) >= 11 is 0. The lowest BCUT2D eigenvalue weighted by Gasteiger charge is -2.09. The van der Waals surface area contributed by atoms with E-state index >= 15 is 0 Å². The zero-order valence-electron chi connectivity index (χ0n) is 14.7. The molecule has 1 heterocycles. The summed E-state index contributed by atoms with van der Waals surface area (Å²) in [6, 6.07) is 14.0. The van der Waals surface area contributed by atoms with Crippen LogP contribution in [0.1, 0.15) is 32.7 Å². The molecule has 0 unspecified atom stereocenters. The highest BCUT2D eigenvalue weighted by Crippen LogP contribution is 2.18. The quantitative estimate of drug-likeness (QED) is 0.484. The van der Waals surface area contributed by atoms with E-state index in [-0.39, 0.29) is 28.5 Å². The molecular formula is C19H16N6O2. The number of amides is 1. The average Bonchev–Trinajstić information content (AvgIpc) is 3.13. The second kappa shape index (κ2) is 7.49. The van der Waals surface area contributed by atoms with Crippen molar-refractivity contribution in [3.63, 3.8) is 0 Å². The maximum Gasteiger partial charge on any atom is 0.258 e. The molecule has 1 amide bonds. The van der Waals surface area contributed by atoms with Crippen LogP contribution in [0, 0.1) is 30.6 Å². The number of nitrogens with one attached hydrogen (secondary N) is 3. The molecule has 0 saturated heterocycles. The van der Waals surface area contributed by atoms with Gasteiger partial charge in [-0.2, -0.15) is 5.26 Å². The van der Waals surface area contributed by atoms with Gasteiger partial charge in [-0.3, -0.25) is 10.2 Å². The Balaban J connectivity index is 1.79. The third-order valence-corrected chi connectivity index (χ3v) is 4.03. The van der Waals surface area contributed by atoms with Gasteiger partial charge < -0.3 is 10.6 Å². The normalized spacial score (nSPS) is 10.1. The third-order valence-electron chi connectivity index (χ3n) is 4.03. The summed E-state index contributed by atoms with van der Waals surface area (Å²) in [5, 5.41) is 30.1. The summed E-state index contributed by atoms with van der Waals surface area (Å²) in [7, 11) is 0. The van der Waals surface area contributed by atoms with Crippen LogP contribution < -0.4 is 10.6 Å². The number of hydrogen-bond acceptors (Lipinski definition) is 6. The van der Waals surface area contributed by atoms with Crippen molar-refractivity contribution in [3.8, 4) is 6.07 Å². The van der Waals surface area contributed by atoms with Crippen LogP contribution in [0.5, 0.6) is 0 Å². The van der Waals surface area contributed by atoms with Crippen molar-refractivity contribution >= 4 is 23.2 Å². The van der Waals surface area contributed by atoms with Gasteiger partial charge in [-0.05, 0) is 59.6 Å². The molecule has 0 aliphatic heterocycles. The maximum atomic E-state index is 12.4. The van der Waals surface area contributed by atoms with Crippen LogP contribution in [0.15, 0.2) is 47.1 Å². The second-order valence-electron chi connectivity index (χ2n) is 5.87. The molecule has 8 nitrogen and oxygen atoms in total. The van der Waals surface area contributed by atoms with Gasteiger partial charge >= 0.3 is 0 Å². The molecule has 0 fully saturated rings. The number of aromatic nitrogens is 2. The molecule has 0 saturated carbocycles. The van der Waals surface area contributed by atoms with Crippen molar-refractivity contribution in [3.05, 3.63) is 70.4 Å². The number of hydrogen-bond donors (Lipinski definition) is 3. The highest BCUT2D eigenvalue weighted by Gasteiger charge is 2.20. The van der Waals surface area contributed by atoms with Crippen molar-refractivity contribution in [2.45, 2.75) is 13.8 Å². The van der Waals surface area contributed by atoms with Crippen LogP contribution in [0.3, 0.4) is 0 Å². The Morgan fingerprint density at radius 3 is 2.63 bits per heavy atom. The average molecular weight is 360 g/mol. The van der Waals surface area contributed by atoms with Crippen LogP contribution >= 0.6 is 0 Å². The maximum absolute atomic E-state index is 12.4. The Morgan fingerprint density at radius 1 is 1.11 bits per heavy atom. The summed E-state index contributed by atoms with van der Waals surface area (Å²) in [6.45, 7) is 3.97. The van der Waals surface area contributed by atoms with Gasteiger partial charge in [0.25, 0.3) is 5.91 Å². The van der Waals surface area contributed by atoms with Gasteiger partial charge in [-0.25, -0.2) is 4.63 Å². The minimum Gasteiger partial charge on any atom is -0.339 e. The van der Waals surface area contributed by atoms with E-state index in [2.05, 4.69) is 25.6 Å². The van der Waals surface area contributed by atoms with Crippen LogP contribution in [-0.4, -0.2) is 22.1 Å². The fraction of sp³-hybridized carbons (Fsp3) is 0.105. The van der Waals surface area contributed by atoms with Crippen LogP contribution in [-0.2, 0) is 0 Å². The Kier molecular flexibility index (Phi) is 4.95. The SMILES string of the molecule is Cc1ccc(NC(=N)c2nonc2NC(=O)c2ccccc2C#N)cc1C. The monoisotopic (exact) mass is 360 g/mol. The van der Waals surface area contributed by atoms with Gasteiger partial charge in [0, 0.05) is 5.69 Å². The smallest absolute Gasteiger partial charge is 0.258 e. The van der Waals surface area contributed by atoms with Crippen molar-refractivity contribution < 1.29 is 9.42 Å². The topological polar surface area (TPSA) is 128 Å². The first-order valence-electron chi connectivity index (χ1n) is 8.06. The Bertz CT molecular complexity index is 1060. The van der Waals surface area contributed by atoms with E-state index < -0.39 is 5.91 Å². The van der Waals surface area contributed by atoms with Crippen LogP contribution in [0.2, 0.25) is 0 Å². The van der Waals surface area contributed by atoms with E-state index in [1.165, 1.54) is 6.07 Å². The van der Waals surface area contributed by atoms with E-state index in [1.807, 2.05) is 38.1 Å². The largest absolute Gasteiger partial charge is 0.339 e. The number of nitriles is 1. The summed E-state index contributed by atoms with van der Waals surface area (Å²) in [6.07, 6.45) is 0. The van der Waals surface area contributed by atoms with E-state index in [9.17, 15) is 4.79 Å². The molecule has 0 atom stereocenters. The van der Waals surface area contributed by atoms with Gasteiger partial charge in [0.2, 0.25) is 5.82 Å². The standard InChI is InChI=1S/C19H16N6O2/c1-11-7-8-14(9-12(11)2)22-17(21)16-18(25-27-24-16)23-19(26)15-6-4-3-5-13(15)10-20/h3-9H,1-2H3,(H2,21,22)(H,23,25,26). The first-order chi connectivity index (χ1) is 13.0. The number of anilines is 2. The van der Waals surface area contributed by atoms with Crippen LogP contribution in [0.4, 0.5) is 11.5 Å². The molecular weight excluding hydrogens is 344 g/mol. The Labute approximate surface area is 155 Å². The minimum atomic E-state index is -0.539. The molecule has 0 aliphatic rings. The lowest BCUT2D eigenvalue weighted by atomic mass is 10.1. The zero-order chi connectivity index (χ0) is 19.4. The highest BCUT2D eigenvalue weighted by atomic mass is 16.6. The van der Waals surface area contributed by atoms with E-state index in [4.69, 9.17) is 10.7 Å². The predicted octanol–water partition coefficient (Wildman–Crippen LogP) is 3.25. The number of carbonyl (C=O) groups excluding carboxylic acids is 1. The molecule has 3 rings (SSSR count). The molecule has 8 heteroatoms. The molecule has 0 bridgehead atoms. The summed E-state index contributed by atoms with van der Waals surface area (Å²) in [5.41, 5.74) is 3.40. The summed E-state index contributed by atoms with van der Waals surface area (Å²) in [4.78, 5) is 12.4. The zero-order valence-corrected chi connectivity index (χ0v) is 14.7. The van der Waals surface area contributed by atoms with Crippen molar-refractivity contribution in [2.75, 3.05) is 10.6 Å². The predicted molar refractivity (Wildman–Crippen MR) is 99.8 cm³/mol. The van der Waals surface area contributed by atoms with Gasteiger partial charge in [-0.15, -0.1) is 0 Å². The molecule has 27 heavy (non-hydrogen) atoms. The molecule has 3 N–H and O–H groups in total. The molecule has 0 spiro atoms. The van der Waals surface area contributed by atoms with E-state index in [1.54, 1.807) is 18.2 Å². The molecule has 0 radical (unpaired) electrons. The molecule has 0 aliphatic carbocycles. The molecule has 2 aromatic carbocycles. The fourth-order valence-electron chi connectivity index (χ4n) is 2.41. The minimum absolute atomic E-state index is 0.00548. The van der Waals surface area contributed by atoms with Gasteiger partial charge in [-0.1, -0.05) is 18.2 Å². The lowest BCUT2D eigenvalue weighted by molar-refractivity contribution is 0.102. The van der Waals surface area contributed by atoms with Gasteiger partial charge in [0.1, 0.15) is 0 Å². The van der Waals surface area contributed by atoms with Crippen molar-refractivity contribution in [1.82, 2.24) is 10.3 Å². The fourth-order valence-corrected chi connectivity index (χ4v) is 2.41. The van der Waals surface area contributed by atoms with Gasteiger partial charge in [0.05, 0.1) is 17.2 Å². The number of benzene rings is 2. The van der Waals surface area contributed by atoms with Gasteiger partial charge in [0.15, 0.2) is 11.5 Å². The molecule has 134 valence electrons. The second-order valence-corrected chi connectivity index (χ2v) is 5.87.